The number of carbonyl (C=O) groups excluding carboxylic acids is 2. The van der Waals surface area contributed by atoms with Gasteiger partial charge in [-0.05, 0) is 75.9 Å². The first-order valence-electron chi connectivity index (χ1n) is 11.2. The van der Waals surface area contributed by atoms with E-state index in [1.54, 1.807) is 17.0 Å². The SMILES string of the molecule is Cl.Cl.NCCCc1ccc(F)c(C(=O)N2CCC3(CC2)CC(CN2CCCC2)OC3=O)c1. The zero-order chi connectivity index (χ0) is 21.1. The maximum Gasteiger partial charge on any atom is 0.312 e. The lowest BCUT2D eigenvalue weighted by atomic mass is 9.76. The molecule has 1 amide bonds. The van der Waals surface area contributed by atoms with Crippen molar-refractivity contribution in [1.82, 2.24) is 9.80 Å². The van der Waals surface area contributed by atoms with Crippen LogP contribution < -0.4 is 5.73 Å². The number of piperidine rings is 1. The molecule has 1 spiro atoms. The van der Waals surface area contributed by atoms with E-state index in [1.807, 2.05) is 0 Å². The third-order valence-corrected chi connectivity index (χ3v) is 6.92. The highest BCUT2D eigenvalue weighted by Gasteiger charge is 2.51. The monoisotopic (exact) mass is 489 g/mol. The van der Waals surface area contributed by atoms with Crippen molar-refractivity contribution in [3.8, 4) is 0 Å². The van der Waals surface area contributed by atoms with Gasteiger partial charge in [-0.25, -0.2) is 4.39 Å². The summed E-state index contributed by atoms with van der Waals surface area (Å²) < 4.78 is 20.1. The number of likely N-dealkylation sites (tertiary alicyclic amines) is 2. The number of hydrogen-bond acceptors (Lipinski definition) is 5. The molecule has 1 aromatic rings. The maximum atomic E-state index is 14.3. The molecule has 4 rings (SSSR count). The lowest BCUT2D eigenvalue weighted by molar-refractivity contribution is -0.151. The van der Waals surface area contributed by atoms with Gasteiger partial charge >= 0.3 is 5.97 Å². The summed E-state index contributed by atoms with van der Waals surface area (Å²) in [5, 5.41) is 0. The van der Waals surface area contributed by atoms with Crippen LogP contribution in [0.25, 0.3) is 0 Å². The molecule has 2 N–H and O–H groups in total. The third kappa shape index (κ3) is 5.74. The van der Waals surface area contributed by atoms with Crippen molar-refractivity contribution in [2.45, 2.75) is 51.0 Å². The molecule has 0 bridgehead atoms. The minimum absolute atomic E-state index is 0. The van der Waals surface area contributed by atoms with Crippen molar-refractivity contribution in [3.63, 3.8) is 0 Å². The number of aryl methyl sites for hydroxylation is 1. The Labute approximate surface area is 201 Å². The minimum Gasteiger partial charge on any atom is -0.461 e. The van der Waals surface area contributed by atoms with E-state index in [4.69, 9.17) is 10.5 Å². The van der Waals surface area contributed by atoms with Crippen LogP contribution in [0.3, 0.4) is 0 Å². The fraction of sp³-hybridized carbons (Fsp3) is 0.652. The number of esters is 1. The fourth-order valence-corrected chi connectivity index (χ4v) is 5.11. The zero-order valence-electron chi connectivity index (χ0n) is 18.4. The molecule has 6 nitrogen and oxygen atoms in total. The van der Waals surface area contributed by atoms with Gasteiger partial charge in [0.25, 0.3) is 5.91 Å². The molecular weight excluding hydrogens is 456 g/mol. The molecule has 1 unspecified atom stereocenters. The Morgan fingerprint density at radius 3 is 2.50 bits per heavy atom. The predicted molar refractivity (Wildman–Crippen MR) is 126 cm³/mol. The molecule has 3 saturated heterocycles. The van der Waals surface area contributed by atoms with Crippen LogP contribution in [0.5, 0.6) is 0 Å². The van der Waals surface area contributed by atoms with Crippen LogP contribution in [-0.2, 0) is 16.0 Å². The molecule has 3 aliphatic rings. The number of benzene rings is 1. The molecule has 3 heterocycles. The fourth-order valence-electron chi connectivity index (χ4n) is 5.11. The van der Waals surface area contributed by atoms with Gasteiger partial charge in [-0.15, -0.1) is 24.8 Å². The van der Waals surface area contributed by atoms with E-state index < -0.39 is 11.2 Å². The van der Waals surface area contributed by atoms with Crippen molar-refractivity contribution in [3.05, 3.63) is 35.1 Å². The number of amides is 1. The summed E-state index contributed by atoms with van der Waals surface area (Å²) in [7, 11) is 0. The zero-order valence-corrected chi connectivity index (χ0v) is 20.0. The Hall–Kier alpha value is -1.41. The van der Waals surface area contributed by atoms with E-state index in [2.05, 4.69) is 4.90 Å². The largest absolute Gasteiger partial charge is 0.461 e. The highest BCUT2D eigenvalue weighted by Crippen LogP contribution is 2.43. The van der Waals surface area contributed by atoms with Gasteiger partial charge in [-0.3, -0.25) is 14.5 Å². The van der Waals surface area contributed by atoms with Crippen molar-refractivity contribution in [2.24, 2.45) is 11.1 Å². The molecule has 0 aliphatic carbocycles. The Kier molecular flexibility index (Phi) is 9.76. The summed E-state index contributed by atoms with van der Waals surface area (Å²) in [4.78, 5) is 29.7. The normalized spacial score (nSPS) is 22.4. The first-order valence-corrected chi connectivity index (χ1v) is 11.2. The number of cyclic esters (lactones) is 1. The van der Waals surface area contributed by atoms with Gasteiger partial charge in [0.2, 0.25) is 0 Å². The smallest absolute Gasteiger partial charge is 0.312 e. The molecule has 1 aromatic carbocycles. The first kappa shape index (κ1) is 26.8. The van der Waals surface area contributed by atoms with Crippen LogP contribution in [0.4, 0.5) is 4.39 Å². The topological polar surface area (TPSA) is 75.9 Å². The molecule has 0 saturated carbocycles. The molecular formula is C23H34Cl2FN3O3. The second kappa shape index (κ2) is 11.6. The molecule has 0 radical (unpaired) electrons. The van der Waals surface area contributed by atoms with Crippen molar-refractivity contribution >= 4 is 36.7 Å². The number of nitrogens with two attached hydrogens (primary N) is 1. The number of nitrogens with zero attached hydrogens (tertiary/aromatic N) is 2. The number of halogens is 3. The Morgan fingerprint density at radius 2 is 1.84 bits per heavy atom. The van der Waals surface area contributed by atoms with E-state index in [0.717, 1.165) is 44.5 Å². The van der Waals surface area contributed by atoms with Gasteiger partial charge in [0.05, 0.1) is 11.0 Å². The number of hydrogen-bond donors (Lipinski definition) is 1. The predicted octanol–water partition coefficient (Wildman–Crippen LogP) is 3.19. The van der Waals surface area contributed by atoms with Crippen molar-refractivity contribution < 1.29 is 18.7 Å². The van der Waals surface area contributed by atoms with Gasteiger partial charge in [-0.2, -0.15) is 0 Å². The summed E-state index contributed by atoms with van der Waals surface area (Å²) in [6.45, 7) is 4.45. The van der Waals surface area contributed by atoms with Crippen LogP contribution >= 0.6 is 24.8 Å². The van der Waals surface area contributed by atoms with E-state index in [-0.39, 0.29) is 48.4 Å². The molecule has 9 heteroatoms. The summed E-state index contributed by atoms with van der Waals surface area (Å²) >= 11 is 0. The van der Waals surface area contributed by atoms with Crippen LogP contribution in [0, 0.1) is 11.2 Å². The summed E-state index contributed by atoms with van der Waals surface area (Å²) in [6, 6.07) is 4.72. The van der Waals surface area contributed by atoms with Crippen LogP contribution in [-0.4, -0.2) is 67.0 Å². The average molecular weight is 490 g/mol. The molecule has 3 aliphatic heterocycles. The molecule has 1 atom stereocenters. The van der Waals surface area contributed by atoms with E-state index in [1.165, 1.54) is 18.9 Å². The Balaban J connectivity index is 0.00000181. The number of ether oxygens (including phenoxy) is 1. The van der Waals surface area contributed by atoms with Gasteiger partial charge in [0.15, 0.2) is 0 Å². The van der Waals surface area contributed by atoms with Gasteiger partial charge < -0.3 is 15.4 Å². The van der Waals surface area contributed by atoms with Gasteiger partial charge in [0, 0.05) is 26.1 Å². The quantitative estimate of drug-likeness (QED) is 0.620. The Morgan fingerprint density at radius 1 is 1.16 bits per heavy atom. The number of rotatable bonds is 6. The van der Waals surface area contributed by atoms with Gasteiger partial charge in [0.1, 0.15) is 11.9 Å². The van der Waals surface area contributed by atoms with Gasteiger partial charge in [-0.1, -0.05) is 6.07 Å². The first-order chi connectivity index (χ1) is 14.5. The van der Waals surface area contributed by atoms with E-state index in [9.17, 15) is 14.0 Å². The lowest BCUT2D eigenvalue weighted by Crippen LogP contribution is -2.45. The molecule has 32 heavy (non-hydrogen) atoms. The Bertz CT molecular complexity index is 797. The summed E-state index contributed by atoms with van der Waals surface area (Å²) in [6.07, 6.45) is 5.81. The second-order valence-corrected chi connectivity index (χ2v) is 9.02. The molecule has 180 valence electrons. The average Bonchev–Trinajstić information content (AvgIpc) is 3.36. The minimum atomic E-state index is -0.497. The van der Waals surface area contributed by atoms with E-state index in [0.29, 0.717) is 32.5 Å². The van der Waals surface area contributed by atoms with Crippen LogP contribution in [0.15, 0.2) is 18.2 Å². The molecule has 0 aromatic heterocycles. The van der Waals surface area contributed by atoms with Crippen molar-refractivity contribution in [1.29, 1.82) is 0 Å². The van der Waals surface area contributed by atoms with Crippen LogP contribution in [0.2, 0.25) is 0 Å². The third-order valence-electron chi connectivity index (χ3n) is 6.92. The van der Waals surface area contributed by atoms with Crippen molar-refractivity contribution in [2.75, 3.05) is 39.3 Å². The summed E-state index contributed by atoms with van der Waals surface area (Å²) in [5.74, 6) is -0.909. The highest BCUT2D eigenvalue weighted by atomic mass is 35.5. The standard InChI is InChI=1S/C23H32FN3O3.2ClH/c24-20-6-5-17(4-3-9-25)14-19(20)21(28)27-12-7-23(8-13-27)15-18(30-22(23)29)16-26-10-1-2-11-26;;/h5-6,14,18H,1-4,7-13,15-16,25H2;2*1H. The van der Waals surface area contributed by atoms with Crippen LogP contribution in [0.1, 0.15) is 54.4 Å². The summed E-state index contributed by atoms with van der Waals surface area (Å²) in [5.41, 5.74) is 6.10. The maximum absolute atomic E-state index is 14.3. The number of carbonyl (C=O) groups is 2. The second-order valence-electron chi connectivity index (χ2n) is 9.02. The lowest BCUT2D eigenvalue weighted by Gasteiger charge is -2.36. The van der Waals surface area contributed by atoms with E-state index >= 15 is 0 Å². The highest BCUT2D eigenvalue weighted by molar-refractivity contribution is 5.95. The molecule has 3 fully saturated rings.